The van der Waals surface area contributed by atoms with Crippen LogP contribution in [0.2, 0.25) is 0 Å². The fraction of sp³-hybridized carbons (Fsp3) is 0.474. The van der Waals surface area contributed by atoms with Crippen LogP contribution in [0.1, 0.15) is 49.9 Å². The fourth-order valence-corrected chi connectivity index (χ4v) is 3.53. The SMILES string of the molecule is Cc1cccc2nc(CNC(=O)CC[C@]3(CCC(=O)O)CCC(=O)N3)cn12. The van der Waals surface area contributed by atoms with E-state index >= 15 is 0 Å². The van der Waals surface area contributed by atoms with E-state index < -0.39 is 11.5 Å². The van der Waals surface area contributed by atoms with Crippen molar-refractivity contribution >= 4 is 23.4 Å². The molecule has 144 valence electrons. The summed E-state index contributed by atoms with van der Waals surface area (Å²) in [5, 5.41) is 14.7. The van der Waals surface area contributed by atoms with Gasteiger partial charge in [-0.2, -0.15) is 0 Å². The number of aryl methyl sites for hydroxylation is 1. The molecule has 2 aromatic rings. The molecule has 2 aromatic heterocycles. The Morgan fingerprint density at radius 1 is 1.33 bits per heavy atom. The van der Waals surface area contributed by atoms with Gasteiger partial charge in [-0.1, -0.05) is 6.07 Å². The monoisotopic (exact) mass is 372 g/mol. The molecule has 3 rings (SSSR count). The third kappa shape index (κ3) is 4.64. The summed E-state index contributed by atoms with van der Waals surface area (Å²) in [5.74, 6) is -1.12. The van der Waals surface area contributed by atoms with Crippen LogP contribution in [0.4, 0.5) is 0 Å². The molecule has 1 saturated heterocycles. The molecule has 0 aliphatic carbocycles. The average Bonchev–Trinajstić information content (AvgIpc) is 3.21. The number of carboxylic acids is 1. The lowest BCUT2D eigenvalue weighted by Crippen LogP contribution is -2.43. The number of hydrogen-bond acceptors (Lipinski definition) is 4. The maximum atomic E-state index is 12.2. The van der Waals surface area contributed by atoms with Gasteiger partial charge in [-0.3, -0.25) is 14.4 Å². The molecule has 8 nitrogen and oxygen atoms in total. The van der Waals surface area contributed by atoms with Crippen LogP contribution < -0.4 is 10.6 Å². The number of fused-ring (bicyclic) bond motifs is 1. The van der Waals surface area contributed by atoms with Crippen LogP contribution in [0, 0.1) is 6.92 Å². The molecule has 8 heteroatoms. The fourth-order valence-electron chi connectivity index (χ4n) is 3.53. The van der Waals surface area contributed by atoms with Crippen molar-refractivity contribution in [3.8, 4) is 0 Å². The largest absolute Gasteiger partial charge is 0.481 e. The number of amides is 2. The van der Waals surface area contributed by atoms with Crippen LogP contribution >= 0.6 is 0 Å². The number of aliphatic carboxylic acids is 1. The van der Waals surface area contributed by atoms with Crippen LogP contribution in [0.25, 0.3) is 5.65 Å². The highest BCUT2D eigenvalue weighted by Crippen LogP contribution is 2.30. The van der Waals surface area contributed by atoms with E-state index in [2.05, 4.69) is 15.6 Å². The van der Waals surface area contributed by atoms with Gasteiger partial charge in [0.2, 0.25) is 11.8 Å². The Balaban J connectivity index is 1.53. The molecular weight excluding hydrogens is 348 g/mol. The Hall–Kier alpha value is -2.90. The van der Waals surface area contributed by atoms with Crippen LogP contribution in [0.15, 0.2) is 24.4 Å². The maximum absolute atomic E-state index is 12.2. The molecule has 0 aromatic carbocycles. The lowest BCUT2D eigenvalue weighted by molar-refractivity contribution is -0.137. The van der Waals surface area contributed by atoms with Crippen molar-refractivity contribution in [3.63, 3.8) is 0 Å². The van der Waals surface area contributed by atoms with Crippen molar-refractivity contribution in [2.24, 2.45) is 0 Å². The van der Waals surface area contributed by atoms with Crippen molar-refractivity contribution in [1.82, 2.24) is 20.0 Å². The van der Waals surface area contributed by atoms with Crippen molar-refractivity contribution in [2.45, 2.75) is 57.5 Å². The second-order valence-corrected chi connectivity index (χ2v) is 7.13. The first-order valence-electron chi connectivity index (χ1n) is 9.10. The van der Waals surface area contributed by atoms with Gasteiger partial charge >= 0.3 is 5.97 Å². The molecule has 0 saturated carbocycles. The zero-order valence-electron chi connectivity index (χ0n) is 15.3. The molecule has 3 heterocycles. The number of carboxylic acid groups (broad SMARTS) is 1. The molecule has 27 heavy (non-hydrogen) atoms. The Morgan fingerprint density at radius 3 is 2.78 bits per heavy atom. The highest BCUT2D eigenvalue weighted by molar-refractivity contribution is 5.80. The number of pyridine rings is 1. The minimum atomic E-state index is -0.901. The molecule has 0 radical (unpaired) electrons. The van der Waals surface area contributed by atoms with Gasteiger partial charge in [0, 0.05) is 36.7 Å². The number of carbonyl (C=O) groups is 3. The van der Waals surface area contributed by atoms with E-state index in [0.29, 0.717) is 32.2 Å². The van der Waals surface area contributed by atoms with E-state index in [1.54, 1.807) is 0 Å². The lowest BCUT2D eigenvalue weighted by atomic mass is 9.86. The van der Waals surface area contributed by atoms with Crippen molar-refractivity contribution in [2.75, 3.05) is 0 Å². The molecular formula is C19H24N4O4. The summed E-state index contributed by atoms with van der Waals surface area (Å²) in [5.41, 5.74) is 2.08. The molecule has 1 aliphatic rings. The molecule has 1 fully saturated rings. The van der Waals surface area contributed by atoms with Gasteiger partial charge in [-0.15, -0.1) is 0 Å². The van der Waals surface area contributed by atoms with Crippen molar-refractivity contribution < 1.29 is 19.5 Å². The standard InChI is InChI=1S/C19H24N4O4/c1-13-3-2-4-15-21-14(12-23(13)15)11-20-16(24)5-8-19(10-7-18(26)27)9-6-17(25)22-19/h2-4,12H,5-11H2,1H3,(H,20,24)(H,22,25)(H,26,27)/t19-/m1/s1. The molecule has 1 aliphatic heterocycles. The first-order chi connectivity index (χ1) is 12.9. The van der Waals surface area contributed by atoms with Crippen LogP contribution in [-0.4, -0.2) is 37.8 Å². The van der Waals surface area contributed by atoms with E-state index in [9.17, 15) is 14.4 Å². The molecule has 3 N–H and O–H groups in total. The van der Waals surface area contributed by atoms with Gasteiger partial charge in [-0.05, 0) is 38.3 Å². The number of nitrogens with zero attached hydrogens (tertiary/aromatic N) is 2. The van der Waals surface area contributed by atoms with E-state index in [-0.39, 0.29) is 24.7 Å². The quantitative estimate of drug-likeness (QED) is 0.651. The summed E-state index contributed by atoms with van der Waals surface area (Å²) in [6.07, 6.45) is 3.82. The Kier molecular flexibility index (Phi) is 5.43. The van der Waals surface area contributed by atoms with Crippen LogP contribution in [0.5, 0.6) is 0 Å². The molecule has 2 amide bonds. The van der Waals surface area contributed by atoms with Gasteiger partial charge in [0.25, 0.3) is 0 Å². The van der Waals surface area contributed by atoms with E-state index in [1.165, 1.54) is 0 Å². The Bertz CT molecular complexity index is 876. The third-order valence-electron chi connectivity index (χ3n) is 5.10. The number of aromatic nitrogens is 2. The van der Waals surface area contributed by atoms with E-state index in [1.807, 2.05) is 35.7 Å². The van der Waals surface area contributed by atoms with Crippen LogP contribution in [0.3, 0.4) is 0 Å². The predicted octanol–water partition coefficient (Wildman–Crippen LogP) is 1.55. The predicted molar refractivity (Wildman–Crippen MR) is 98.0 cm³/mol. The zero-order valence-corrected chi connectivity index (χ0v) is 15.3. The second kappa shape index (κ2) is 7.77. The number of nitrogens with one attached hydrogen (secondary N) is 2. The summed E-state index contributed by atoms with van der Waals surface area (Å²) in [7, 11) is 0. The van der Waals surface area contributed by atoms with Crippen LogP contribution in [-0.2, 0) is 20.9 Å². The smallest absolute Gasteiger partial charge is 0.303 e. The first-order valence-corrected chi connectivity index (χ1v) is 9.10. The summed E-state index contributed by atoms with van der Waals surface area (Å²) in [6, 6.07) is 5.84. The van der Waals surface area contributed by atoms with Gasteiger partial charge in [0.1, 0.15) is 5.65 Å². The second-order valence-electron chi connectivity index (χ2n) is 7.13. The summed E-state index contributed by atoms with van der Waals surface area (Å²) in [6.45, 7) is 2.32. The highest BCUT2D eigenvalue weighted by Gasteiger charge is 2.37. The summed E-state index contributed by atoms with van der Waals surface area (Å²) >= 11 is 0. The molecule has 0 unspecified atom stereocenters. The first kappa shape index (κ1) is 18.9. The van der Waals surface area contributed by atoms with Crippen molar-refractivity contribution in [3.05, 3.63) is 35.8 Å². The normalized spacial score (nSPS) is 19.2. The van der Waals surface area contributed by atoms with E-state index in [0.717, 1.165) is 17.0 Å². The minimum absolute atomic E-state index is 0.0253. The van der Waals surface area contributed by atoms with Gasteiger partial charge in [0.15, 0.2) is 0 Å². The topological polar surface area (TPSA) is 113 Å². The Labute approximate surface area is 157 Å². The third-order valence-corrected chi connectivity index (χ3v) is 5.10. The number of carbonyl (C=O) groups excluding carboxylic acids is 2. The number of hydrogen-bond donors (Lipinski definition) is 3. The summed E-state index contributed by atoms with van der Waals surface area (Å²) in [4.78, 5) is 39.2. The molecule has 0 bridgehead atoms. The number of imidazole rings is 1. The number of rotatable bonds is 8. The van der Waals surface area contributed by atoms with Gasteiger partial charge in [-0.25, -0.2) is 4.98 Å². The van der Waals surface area contributed by atoms with Gasteiger partial charge in [0.05, 0.1) is 12.2 Å². The Morgan fingerprint density at radius 2 is 2.11 bits per heavy atom. The maximum Gasteiger partial charge on any atom is 0.303 e. The average molecular weight is 372 g/mol. The van der Waals surface area contributed by atoms with Crippen molar-refractivity contribution in [1.29, 1.82) is 0 Å². The highest BCUT2D eigenvalue weighted by atomic mass is 16.4. The van der Waals surface area contributed by atoms with Gasteiger partial charge < -0.3 is 20.1 Å². The molecule has 0 spiro atoms. The molecule has 1 atom stereocenters. The summed E-state index contributed by atoms with van der Waals surface area (Å²) < 4.78 is 1.97. The minimum Gasteiger partial charge on any atom is -0.481 e. The zero-order chi connectivity index (χ0) is 19.4. The lowest BCUT2D eigenvalue weighted by Gasteiger charge is -2.28. The van der Waals surface area contributed by atoms with E-state index in [4.69, 9.17) is 5.11 Å².